The molecule has 5 heteroatoms. The quantitative estimate of drug-likeness (QED) is 0.796. The molecule has 0 aliphatic carbocycles. The summed E-state index contributed by atoms with van der Waals surface area (Å²) in [6.07, 6.45) is 2.38. The molecule has 0 aliphatic rings. The second-order valence-corrected chi connectivity index (χ2v) is 5.32. The maximum atomic E-state index is 13.4. The number of ether oxygens (including phenoxy) is 1. The van der Waals surface area contributed by atoms with Crippen LogP contribution in [0.25, 0.3) is 11.3 Å². The highest BCUT2D eigenvalue weighted by Gasteiger charge is 2.10. The van der Waals surface area contributed by atoms with Gasteiger partial charge < -0.3 is 14.5 Å². The van der Waals surface area contributed by atoms with Gasteiger partial charge in [0, 0.05) is 18.5 Å². The first-order valence-corrected chi connectivity index (χ1v) is 7.09. The molecule has 0 amide bonds. The van der Waals surface area contributed by atoms with Crippen LogP contribution < -0.4 is 10.1 Å². The van der Waals surface area contributed by atoms with Crippen LogP contribution in [-0.2, 0) is 6.42 Å². The summed E-state index contributed by atoms with van der Waals surface area (Å²) in [6, 6.07) is 4.62. The molecule has 0 bridgehead atoms. The number of rotatable bonds is 7. The van der Waals surface area contributed by atoms with Crippen LogP contribution in [0.15, 0.2) is 28.8 Å². The SMILES string of the molecule is COc1cc(-c2cnc(CCNCC(C)C)o2)ccc1F. The summed E-state index contributed by atoms with van der Waals surface area (Å²) in [5.41, 5.74) is 0.752. The minimum absolute atomic E-state index is 0.198. The summed E-state index contributed by atoms with van der Waals surface area (Å²) < 4.78 is 24.0. The van der Waals surface area contributed by atoms with E-state index in [0.717, 1.165) is 25.1 Å². The Hall–Kier alpha value is -1.88. The van der Waals surface area contributed by atoms with Crippen LogP contribution in [0.3, 0.4) is 0 Å². The summed E-state index contributed by atoms with van der Waals surface area (Å²) in [6.45, 7) is 6.13. The second kappa shape index (κ2) is 7.22. The lowest BCUT2D eigenvalue weighted by Crippen LogP contribution is -2.22. The molecule has 1 aromatic carbocycles. The van der Waals surface area contributed by atoms with Crippen LogP contribution in [0.5, 0.6) is 5.75 Å². The van der Waals surface area contributed by atoms with E-state index in [1.54, 1.807) is 18.3 Å². The fourth-order valence-electron chi connectivity index (χ4n) is 1.96. The van der Waals surface area contributed by atoms with Crippen molar-refractivity contribution in [1.29, 1.82) is 0 Å². The molecular weight excluding hydrogens is 271 g/mol. The monoisotopic (exact) mass is 292 g/mol. The molecule has 0 saturated heterocycles. The average Bonchev–Trinajstić information content (AvgIpc) is 2.93. The van der Waals surface area contributed by atoms with Gasteiger partial charge in [-0.1, -0.05) is 13.8 Å². The maximum absolute atomic E-state index is 13.4. The van der Waals surface area contributed by atoms with Crippen LogP contribution in [0.2, 0.25) is 0 Å². The van der Waals surface area contributed by atoms with Crippen molar-refractivity contribution in [3.05, 3.63) is 36.1 Å². The number of methoxy groups -OCH3 is 1. The lowest BCUT2D eigenvalue weighted by atomic mass is 10.2. The van der Waals surface area contributed by atoms with Crippen molar-refractivity contribution in [3.63, 3.8) is 0 Å². The van der Waals surface area contributed by atoms with Crippen LogP contribution in [0, 0.1) is 11.7 Å². The molecule has 0 unspecified atom stereocenters. The molecule has 1 aromatic heterocycles. The van der Waals surface area contributed by atoms with Crippen LogP contribution in [-0.4, -0.2) is 25.2 Å². The molecule has 2 rings (SSSR count). The van der Waals surface area contributed by atoms with Crippen molar-refractivity contribution in [2.24, 2.45) is 5.92 Å². The van der Waals surface area contributed by atoms with Gasteiger partial charge in [0.05, 0.1) is 13.3 Å². The number of hydrogen-bond acceptors (Lipinski definition) is 4. The minimum Gasteiger partial charge on any atom is -0.494 e. The van der Waals surface area contributed by atoms with Gasteiger partial charge in [-0.15, -0.1) is 0 Å². The fourth-order valence-corrected chi connectivity index (χ4v) is 1.96. The number of nitrogens with one attached hydrogen (secondary N) is 1. The predicted molar refractivity (Wildman–Crippen MR) is 79.9 cm³/mol. The maximum Gasteiger partial charge on any atom is 0.196 e. The van der Waals surface area contributed by atoms with E-state index in [-0.39, 0.29) is 11.6 Å². The van der Waals surface area contributed by atoms with Gasteiger partial charge in [-0.2, -0.15) is 0 Å². The Morgan fingerprint density at radius 1 is 1.38 bits per heavy atom. The number of aromatic nitrogens is 1. The van der Waals surface area contributed by atoms with E-state index >= 15 is 0 Å². The third-order valence-corrected chi connectivity index (χ3v) is 3.06. The van der Waals surface area contributed by atoms with E-state index in [9.17, 15) is 4.39 Å². The number of benzene rings is 1. The number of halogens is 1. The second-order valence-electron chi connectivity index (χ2n) is 5.32. The molecule has 0 aliphatic heterocycles. The van der Waals surface area contributed by atoms with Gasteiger partial charge >= 0.3 is 0 Å². The summed E-state index contributed by atoms with van der Waals surface area (Å²) in [5.74, 6) is 1.72. The van der Waals surface area contributed by atoms with Gasteiger partial charge in [-0.05, 0) is 30.7 Å². The van der Waals surface area contributed by atoms with Crippen molar-refractivity contribution < 1.29 is 13.5 Å². The van der Waals surface area contributed by atoms with Gasteiger partial charge in [0.1, 0.15) is 0 Å². The third kappa shape index (κ3) is 4.29. The molecule has 2 aromatic rings. The van der Waals surface area contributed by atoms with E-state index in [4.69, 9.17) is 9.15 Å². The lowest BCUT2D eigenvalue weighted by molar-refractivity contribution is 0.386. The molecule has 21 heavy (non-hydrogen) atoms. The van der Waals surface area contributed by atoms with Crippen molar-refractivity contribution in [3.8, 4) is 17.1 Å². The molecule has 0 fully saturated rings. The topological polar surface area (TPSA) is 47.3 Å². The lowest BCUT2D eigenvalue weighted by Gasteiger charge is -2.05. The molecule has 114 valence electrons. The van der Waals surface area contributed by atoms with Gasteiger partial charge in [0.25, 0.3) is 0 Å². The first kappa shape index (κ1) is 15.5. The zero-order valence-electron chi connectivity index (χ0n) is 12.6. The first-order chi connectivity index (χ1) is 10.1. The normalized spacial score (nSPS) is 11.1. The average molecular weight is 292 g/mol. The minimum atomic E-state index is -0.390. The number of oxazole rings is 1. The van der Waals surface area contributed by atoms with Crippen LogP contribution >= 0.6 is 0 Å². The smallest absolute Gasteiger partial charge is 0.196 e. The Bertz CT molecular complexity index is 581. The van der Waals surface area contributed by atoms with Crippen molar-refractivity contribution >= 4 is 0 Å². The Labute approximate surface area is 124 Å². The van der Waals surface area contributed by atoms with Gasteiger partial charge in [0.15, 0.2) is 23.2 Å². The summed E-state index contributed by atoms with van der Waals surface area (Å²) >= 11 is 0. The molecular formula is C16H21FN2O2. The zero-order chi connectivity index (χ0) is 15.2. The zero-order valence-corrected chi connectivity index (χ0v) is 12.6. The van der Waals surface area contributed by atoms with E-state index in [1.165, 1.54) is 13.2 Å². The molecule has 1 heterocycles. The Morgan fingerprint density at radius 2 is 2.19 bits per heavy atom. The summed E-state index contributed by atoms with van der Waals surface area (Å²) in [5, 5.41) is 3.34. The fraction of sp³-hybridized carbons (Fsp3) is 0.438. The highest BCUT2D eigenvalue weighted by atomic mass is 19.1. The third-order valence-electron chi connectivity index (χ3n) is 3.06. The van der Waals surface area contributed by atoms with E-state index in [0.29, 0.717) is 17.6 Å². The molecule has 0 atom stereocenters. The highest BCUT2D eigenvalue weighted by molar-refractivity contribution is 5.59. The van der Waals surface area contributed by atoms with Crippen LogP contribution in [0.1, 0.15) is 19.7 Å². The van der Waals surface area contributed by atoms with Gasteiger partial charge in [-0.25, -0.2) is 9.37 Å². The summed E-state index contributed by atoms with van der Waals surface area (Å²) in [4.78, 5) is 4.25. The molecule has 0 spiro atoms. The number of nitrogens with zero attached hydrogens (tertiary/aromatic N) is 1. The Kier molecular flexibility index (Phi) is 5.33. The molecule has 0 saturated carbocycles. The summed E-state index contributed by atoms with van der Waals surface area (Å²) in [7, 11) is 1.44. The predicted octanol–water partition coefficient (Wildman–Crippen LogP) is 3.28. The van der Waals surface area contributed by atoms with Gasteiger partial charge in [0.2, 0.25) is 0 Å². The van der Waals surface area contributed by atoms with E-state index < -0.39 is 0 Å². The standard InChI is InChI=1S/C16H21FN2O2/c1-11(2)9-18-7-6-16-19-10-15(21-16)12-4-5-13(17)14(8-12)20-3/h4-5,8,10-11,18H,6-7,9H2,1-3H3. The van der Waals surface area contributed by atoms with E-state index in [2.05, 4.69) is 24.1 Å². The van der Waals surface area contributed by atoms with Crippen molar-refractivity contribution in [2.45, 2.75) is 20.3 Å². The van der Waals surface area contributed by atoms with Crippen LogP contribution in [0.4, 0.5) is 4.39 Å². The van der Waals surface area contributed by atoms with Crippen molar-refractivity contribution in [2.75, 3.05) is 20.2 Å². The Morgan fingerprint density at radius 3 is 2.90 bits per heavy atom. The van der Waals surface area contributed by atoms with Gasteiger partial charge in [-0.3, -0.25) is 0 Å². The molecule has 1 N–H and O–H groups in total. The number of hydrogen-bond donors (Lipinski definition) is 1. The van der Waals surface area contributed by atoms with Crippen molar-refractivity contribution in [1.82, 2.24) is 10.3 Å². The molecule has 0 radical (unpaired) electrons. The Balaban J connectivity index is 1.99. The highest BCUT2D eigenvalue weighted by Crippen LogP contribution is 2.26. The van der Waals surface area contributed by atoms with E-state index in [1.807, 2.05) is 0 Å². The first-order valence-electron chi connectivity index (χ1n) is 7.09. The molecule has 4 nitrogen and oxygen atoms in total. The largest absolute Gasteiger partial charge is 0.494 e.